The highest BCUT2D eigenvalue weighted by atomic mass is 16.5. The fraction of sp³-hybridized carbons (Fsp3) is 0.579. The first-order chi connectivity index (χ1) is 11.8. The summed E-state index contributed by atoms with van der Waals surface area (Å²) in [7, 11) is 1.62. The molecule has 3 atom stereocenters. The molecule has 1 aromatic rings. The van der Waals surface area contributed by atoms with Crippen molar-refractivity contribution < 1.29 is 19.4 Å². The summed E-state index contributed by atoms with van der Waals surface area (Å²) in [5.41, 5.74) is 1.03. The van der Waals surface area contributed by atoms with Crippen LogP contribution in [0.2, 0.25) is 0 Å². The number of methoxy groups -OCH3 is 1. The van der Waals surface area contributed by atoms with Crippen LogP contribution in [0.1, 0.15) is 32.4 Å². The molecule has 1 fully saturated rings. The summed E-state index contributed by atoms with van der Waals surface area (Å²) < 4.78 is 5.18. The van der Waals surface area contributed by atoms with Gasteiger partial charge in [0.1, 0.15) is 5.75 Å². The van der Waals surface area contributed by atoms with Gasteiger partial charge in [0.15, 0.2) is 0 Å². The molecule has 6 heteroatoms. The molecule has 0 aromatic heterocycles. The van der Waals surface area contributed by atoms with E-state index in [1.54, 1.807) is 7.11 Å². The molecule has 1 amide bonds. The molecule has 0 radical (unpaired) electrons. The Morgan fingerprint density at radius 2 is 1.92 bits per heavy atom. The van der Waals surface area contributed by atoms with Crippen molar-refractivity contribution in [2.24, 2.45) is 17.8 Å². The largest absolute Gasteiger partial charge is 0.497 e. The topological polar surface area (TPSA) is 78.9 Å². The van der Waals surface area contributed by atoms with Gasteiger partial charge in [-0.1, -0.05) is 32.9 Å². The van der Waals surface area contributed by atoms with E-state index in [-0.39, 0.29) is 30.3 Å². The molecular weight excluding hydrogens is 320 g/mol. The number of ether oxygens (including phenoxy) is 1. The van der Waals surface area contributed by atoms with Crippen LogP contribution in [0.4, 0.5) is 0 Å². The Balaban J connectivity index is 1.97. The molecule has 1 aromatic carbocycles. The van der Waals surface area contributed by atoms with Crippen LogP contribution in [-0.2, 0) is 9.59 Å². The normalized spacial score (nSPS) is 22.0. The first kappa shape index (κ1) is 19.2. The number of nitrogens with zero attached hydrogens (tertiary/aromatic N) is 1. The Kier molecular flexibility index (Phi) is 6.42. The Labute approximate surface area is 149 Å². The third-order valence-corrected chi connectivity index (χ3v) is 4.83. The molecule has 0 spiro atoms. The van der Waals surface area contributed by atoms with E-state index in [0.717, 1.165) is 11.3 Å². The maximum absolute atomic E-state index is 12.5. The Morgan fingerprint density at radius 1 is 1.28 bits per heavy atom. The van der Waals surface area contributed by atoms with E-state index in [2.05, 4.69) is 19.2 Å². The number of hydrogen-bond donors (Lipinski definition) is 2. The highest BCUT2D eigenvalue weighted by molar-refractivity contribution is 5.79. The zero-order valence-corrected chi connectivity index (χ0v) is 15.4. The highest BCUT2D eigenvalue weighted by Gasteiger charge is 2.35. The van der Waals surface area contributed by atoms with Gasteiger partial charge in [0.05, 0.1) is 25.6 Å². The molecule has 2 N–H and O–H groups in total. The minimum atomic E-state index is -0.784. The molecular formula is C19H28N2O4. The SMILES string of the molecule is COc1ccc(C(NC(=O)CN2C[C@@H](C)[C@H](C(=O)O)C2)C(C)C)cc1. The van der Waals surface area contributed by atoms with Crippen LogP contribution in [0, 0.1) is 17.8 Å². The number of benzene rings is 1. The Hall–Kier alpha value is -2.08. The summed E-state index contributed by atoms with van der Waals surface area (Å²) in [6.45, 7) is 7.34. The molecule has 0 saturated carbocycles. The second-order valence-corrected chi connectivity index (χ2v) is 7.18. The first-order valence-corrected chi connectivity index (χ1v) is 8.70. The molecule has 6 nitrogen and oxygen atoms in total. The number of hydrogen-bond acceptors (Lipinski definition) is 4. The number of carboxylic acids is 1. The molecule has 2 rings (SSSR count). The molecule has 138 valence electrons. The van der Waals surface area contributed by atoms with Gasteiger partial charge in [-0.15, -0.1) is 0 Å². The zero-order chi connectivity index (χ0) is 18.6. The lowest BCUT2D eigenvalue weighted by molar-refractivity contribution is -0.142. The molecule has 1 aliphatic rings. The van der Waals surface area contributed by atoms with Gasteiger partial charge >= 0.3 is 5.97 Å². The molecule has 0 bridgehead atoms. The van der Waals surface area contributed by atoms with E-state index < -0.39 is 11.9 Å². The molecule has 1 saturated heterocycles. The molecule has 1 heterocycles. The van der Waals surface area contributed by atoms with Crippen molar-refractivity contribution in [1.82, 2.24) is 10.2 Å². The number of likely N-dealkylation sites (tertiary alicyclic amines) is 1. The maximum atomic E-state index is 12.5. The number of rotatable bonds is 7. The van der Waals surface area contributed by atoms with E-state index in [4.69, 9.17) is 4.74 Å². The maximum Gasteiger partial charge on any atom is 0.308 e. The molecule has 0 aliphatic carbocycles. The zero-order valence-electron chi connectivity index (χ0n) is 15.4. The van der Waals surface area contributed by atoms with Crippen molar-refractivity contribution in [2.75, 3.05) is 26.7 Å². The quantitative estimate of drug-likeness (QED) is 0.789. The number of carbonyl (C=O) groups is 2. The molecule has 25 heavy (non-hydrogen) atoms. The van der Waals surface area contributed by atoms with Crippen molar-refractivity contribution in [3.63, 3.8) is 0 Å². The second kappa shape index (κ2) is 8.34. The van der Waals surface area contributed by atoms with Gasteiger partial charge in [-0.2, -0.15) is 0 Å². The average molecular weight is 348 g/mol. The molecule has 1 aliphatic heterocycles. The van der Waals surface area contributed by atoms with Gasteiger partial charge in [-0.3, -0.25) is 14.5 Å². The van der Waals surface area contributed by atoms with E-state index in [1.165, 1.54) is 0 Å². The smallest absolute Gasteiger partial charge is 0.308 e. The first-order valence-electron chi connectivity index (χ1n) is 8.70. The van der Waals surface area contributed by atoms with Gasteiger partial charge in [-0.05, 0) is 29.5 Å². The standard InChI is InChI=1S/C19H28N2O4/c1-12(2)18(14-5-7-15(25-4)8-6-14)20-17(22)11-21-9-13(3)16(10-21)19(23)24/h5-8,12-13,16,18H,9-11H2,1-4H3,(H,20,22)(H,23,24)/t13-,16-,18?/m1/s1. The number of amides is 1. The fourth-order valence-corrected chi connectivity index (χ4v) is 3.39. The van der Waals surface area contributed by atoms with Crippen LogP contribution < -0.4 is 10.1 Å². The monoisotopic (exact) mass is 348 g/mol. The Morgan fingerprint density at radius 3 is 2.40 bits per heavy atom. The third kappa shape index (κ3) is 4.95. The van der Waals surface area contributed by atoms with E-state index >= 15 is 0 Å². The summed E-state index contributed by atoms with van der Waals surface area (Å²) in [5.74, 6) is -0.172. The second-order valence-electron chi connectivity index (χ2n) is 7.18. The van der Waals surface area contributed by atoms with Crippen LogP contribution in [0.3, 0.4) is 0 Å². The predicted octanol–water partition coefficient (Wildman–Crippen LogP) is 2.16. The highest BCUT2D eigenvalue weighted by Crippen LogP contribution is 2.25. The fourth-order valence-electron chi connectivity index (χ4n) is 3.39. The predicted molar refractivity (Wildman–Crippen MR) is 95.4 cm³/mol. The van der Waals surface area contributed by atoms with Crippen LogP contribution in [0.5, 0.6) is 5.75 Å². The van der Waals surface area contributed by atoms with E-state index in [9.17, 15) is 14.7 Å². The van der Waals surface area contributed by atoms with Crippen LogP contribution in [0.15, 0.2) is 24.3 Å². The van der Waals surface area contributed by atoms with Crippen molar-refractivity contribution in [2.45, 2.75) is 26.8 Å². The van der Waals surface area contributed by atoms with Crippen molar-refractivity contribution in [3.05, 3.63) is 29.8 Å². The molecule has 1 unspecified atom stereocenters. The van der Waals surface area contributed by atoms with Crippen molar-refractivity contribution in [1.29, 1.82) is 0 Å². The third-order valence-electron chi connectivity index (χ3n) is 4.83. The van der Waals surface area contributed by atoms with Crippen LogP contribution in [-0.4, -0.2) is 48.6 Å². The lowest BCUT2D eigenvalue weighted by atomic mass is 9.96. The number of aliphatic carboxylic acids is 1. The number of carbonyl (C=O) groups excluding carboxylic acids is 1. The number of nitrogens with one attached hydrogen (secondary N) is 1. The van der Waals surface area contributed by atoms with Gasteiger partial charge in [0, 0.05) is 13.1 Å². The van der Waals surface area contributed by atoms with Crippen molar-refractivity contribution in [3.8, 4) is 5.75 Å². The summed E-state index contributed by atoms with van der Waals surface area (Å²) in [6, 6.07) is 7.60. The van der Waals surface area contributed by atoms with Crippen LogP contribution >= 0.6 is 0 Å². The summed E-state index contributed by atoms with van der Waals surface area (Å²) in [6.07, 6.45) is 0. The van der Waals surface area contributed by atoms with Gasteiger partial charge in [0.2, 0.25) is 5.91 Å². The van der Waals surface area contributed by atoms with Crippen LogP contribution in [0.25, 0.3) is 0 Å². The van der Waals surface area contributed by atoms with E-state index in [1.807, 2.05) is 36.1 Å². The van der Waals surface area contributed by atoms with E-state index in [0.29, 0.717) is 13.1 Å². The van der Waals surface area contributed by atoms with Gasteiger partial charge in [0.25, 0.3) is 0 Å². The lowest BCUT2D eigenvalue weighted by Crippen LogP contribution is -2.39. The minimum Gasteiger partial charge on any atom is -0.497 e. The van der Waals surface area contributed by atoms with Gasteiger partial charge in [-0.25, -0.2) is 0 Å². The summed E-state index contributed by atoms with van der Waals surface area (Å²) >= 11 is 0. The minimum absolute atomic E-state index is 0.0628. The van der Waals surface area contributed by atoms with Gasteiger partial charge < -0.3 is 15.2 Å². The summed E-state index contributed by atoms with van der Waals surface area (Å²) in [4.78, 5) is 25.6. The average Bonchev–Trinajstić information content (AvgIpc) is 2.93. The van der Waals surface area contributed by atoms with Crippen molar-refractivity contribution >= 4 is 11.9 Å². The number of carboxylic acid groups (broad SMARTS) is 1. The Bertz CT molecular complexity index is 600. The lowest BCUT2D eigenvalue weighted by Gasteiger charge is -2.24. The summed E-state index contributed by atoms with van der Waals surface area (Å²) in [5, 5.41) is 12.3.